The number of nitrogens with zero attached hydrogens (tertiary/aromatic N) is 1. The maximum atomic E-state index is 12.7. The van der Waals surface area contributed by atoms with Gasteiger partial charge in [-0.15, -0.1) is 0 Å². The lowest BCUT2D eigenvalue weighted by Gasteiger charge is -2.37. The predicted molar refractivity (Wildman–Crippen MR) is 105 cm³/mol. The number of aryl methyl sites for hydroxylation is 2. The maximum Gasteiger partial charge on any atom is 0.339 e. The molecule has 0 bridgehead atoms. The van der Waals surface area contributed by atoms with Crippen molar-refractivity contribution in [2.45, 2.75) is 45.1 Å². The standard InChI is InChI=1S/C21H23N3O5/c1-12-3-4-14-13(2)15(18(26)29-16(14)11-12)5-6-17(25)24-9-7-21(8-10-24)19(27)22-20(28)23-21/h3-4,11H,5-10H2,1-2H3,(H2,22,23,27,28). The molecule has 29 heavy (non-hydrogen) atoms. The Morgan fingerprint density at radius 2 is 1.90 bits per heavy atom. The van der Waals surface area contributed by atoms with E-state index in [2.05, 4.69) is 10.6 Å². The van der Waals surface area contributed by atoms with Crippen LogP contribution in [0.25, 0.3) is 11.0 Å². The third-order valence-electron chi connectivity index (χ3n) is 6.02. The monoisotopic (exact) mass is 397 g/mol. The first kappa shape index (κ1) is 19.2. The van der Waals surface area contributed by atoms with Crippen molar-refractivity contribution in [1.82, 2.24) is 15.5 Å². The highest BCUT2D eigenvalue weighted by molar-refractivity contribution is 6.07. The van der Waals surface area contributed by atoms with Crippen molar-refractivity contribution in [3.8, 4) is 0 Å². The van der Waals surface area contributed by atoms with Crippen LogP contribution in [0.5, 0.6) is 0 Å². The van der Waals surface area contributed by atoms with E-state index >= 15 is 0 Å². The first-order valence-corrected chi connectivity index (χ1v) is 9.73. The molecular weight excluding hydrogens is 374 g/mol. The Morgan fingerprint density at radius 3 is 2.55 bits per heavy atom. The molecule has 8 heteroatoms. The van der Waals surface area contributed by atoms with Crippen LogP contribution in [0, 0.1) is 13.8 Å². The molecule has 2 saturated heterocycles. The van der Waals surface area contributed by atoms with Gasteiger partial charge in [0.25, 0.3) is 5.91 Å². The normalized spacial score (nSPS) is 18.2. The molecule has 4 amide bonds. The smallest absolute Gasteiger partial charge is 0.339 e. The van der Waals surface area contributed by atoms with E-state index < -0.39 is 17.2 Å². The van der Waals surface area contributed by atoms with Crippen molar-refractivity contribution < 1.29 is 18.8 Å². The van der Waals surface area contributed by atoms with Crippen molar-refractivity contribution >= 4 is 28.8 Å². The zero-order valence-electron chi connectivity index (χ0n) is 16.5. The minimum atomic E-state index is -0.901. The van der Waals surface area contributed by atoms with Crippen molar-refractivity contribution in [2.24, 2.45) is 0 Å². The Balaban J connectivity index is 1.43. The molecule has 1 spiro atoms. The van der Waals surface area contributed by atoms with Crippen LogP contribution in [0.4, 0.5) is 4.79 Å². The van der Waals surface area contributed by atoms with E-state index in [1.807, 2.05) is 32.0 Å². The molecular formula is C21H23N3O5. The molecule has 2 aliphatic rings. The number of nitrogens with one attached hydrogen (secondary N) is 2. The quantitative estimate of drug-likeness (QED) is 0.603. The largest absolute Gasteiger partial charge is 0.423 e. The van der Waals surface area contributed by atoms with Gasteiger partial charge >= 0.3 is 11.7 Å². The van der Waals surface area contributed by atoms with E-state index in [0.717, 1.165) is 16.5 Å². The summed E-state index contributed by atoms with van der Waals surface area (Å²) in [5.41, 5.74) is 1.62. The molecule has 3 heterocycles. The van der Waals surface area contributed by atoms with E-state index in [1.165, 1.54) is 0 Å². The van der Waals surface area contributed by atoms with Gasteiger partial charge in [0.1, 0.15) is 11.1 Å². The van der Waals surface area contributed by atoms with Gasteiger partial charge in [0, 0.05) is 30.5 Å². The van der Waals surface area contributed by atoms with Crippen molar-refractivity contribution in [2.75, 3.05) is 13.1 Å². The van der Waals surface area contributed by atoms with E-state index in [9.17, 15) is 19.2 Å². The maximum absolute atomic E-state index is 12.7. The molecule has 0 radical (unpaired) electrons. The number of carbonyl (C=O) groups is 3. The molecule has 0 atom stereocenters. The fourth-order valence-corrected chi connectivity index (χ4v) is 4.20. The van der Waals surface area contributed by atoms with Crippen molar-refractivity contribution in [3.63, 3.8) is 0 Å². The second-order valence-corrected chi connectivity index (χ2v) is 7.86. The zero-order valence-corrected chi connectivity index (χ0v) is 16.5. The van der Waals surface area contributed by atoms with Gasteiger partial charge in [0.15, 0.2) is 0 Å². The molecule has 2 fully saturated rings. The zero-order chi connectivity index (χ0) is 20.8. The highest BCUT2D eigenvalue weighted by Crippen LogP contribution is 2.26. The number of amides is 4. The molecule has 152 valence electrons. The summed E-state index contributed by atoms with van der Waals surface area (Å²) in [5, 5.41) is 5.82. The molecule has 0 aliphatic carbocycles. The Morgan fingerprint density at radius 1 is 1.17 bits per heavy atom. The number of hydrogen-bond acceptors (Lipinski definition) is 5. The topological polar surface area (TPSA) is 109 Å². The number of hydrogen-bond donors (Lipinski definition) is 2. The van der Waals surface area contributed by atoms with Gasteiger partial charge in [-0.25, -0.2) is 9.59 Å². The fraction of sp³-hybridized carbons (Fsp3) is 0.429. The summed E-state index contributed by atoms with van der Waals surface area (Å²) in [6.45, 7) is 4.58. The highest BCUT2D eigenvalue weighted by Gasteiger charge is 2.48. The Bertz CT molecular complexity index is 1080. The van der Waals surface area contributed by atoms with Gasteiger partial charge in [-0.1, -0.05) is 12.1 Å². The highest BCUT2D eigenvalue weighted by atomic mass is 16.4. The van der Waals surface area contributed by atoms with Gasteiger partial charge in [0.05, 0.1) is 0 Å². The van der Waals surface area contributed by atoms with Gasteiger partial charge in [-0.05, 0) is 50.3 Å². The molecule has 1 aromatic heterocycles. The number of benzene rings is 1. The molecule has 4 rings (SSSR count). The number of imide groups is 1. The Kier molecular flexibility index (Phi) is 4.64. The number of carbonyl (C=O) groups excluding carboxylic acids is 3. The second-order valence-electron chi connectivity index (χ2n) is 7.86. The average Bonchev–Trinajstić information content (AvgIpc) is 2.94. The minimum Gasteiger partial charge on any atom is -0.423 e. The summed E-state index contributed by atoms with van der Waals surface area (Å²) in [6, 6.07) is 5.24. The molecule has 0 unspecified atom stereocenters. The average molecular weight is 397 g/mol. The molecule has 1 aromatic carbocycles. The second kappa shape index (κ2) is 7.02. The summed E-state index contributed by atoms with van der Waals surface area (Å²) >= 11 is 0. The van der Waals surface area contributed by atoms with Crippen molar-refractivity contribution in [3.05, 3.63) is 45.3 Å². The van der Waals surface area contributed by atoms with E-state index in [4.69, 9.17) is 4.42 Å². The van der Waals surface area contributed by atoms with Crippen LogP contribution in [0.3, 0.4) is 0 Å². The van der Waals surface area contributed by atoms with Gasteiger partial charge in [-0.3, -0.25) is 14.9 Å². The molecule has 2 N–H and O–H groups in total. The third kappa shape index (κ3) is 3.39. The Hall–Kier alpha value is -3.16. The number of urea groups is 1. The first-order chi connectivity index (χ1) is 13.8. The number of rotatable bonds is 3. The van der Waals surface area contributed by atoms with E-state index in [-0.39, 0.29) is 18.2 Å². The first-order valence-electron chi connectivity index (χ1n) is 9.73. The fourth-order valence-electron chi connectivity index (χ4n) is 4.20. The lowest BCUT2D eigenvalue weighted by molar-refractivity contribution is -0.135. The number of piperidine rings is 1. The van der Waals surface area contributed by atoms with Crippen LogP contribution in [-0.4, -0.2) is 41.4 Å². The van der Waals surface area contributed by atoms with Crippen LogP contribution in [0.15, 0.2) is 27.4 Å². The van der Waals surface area contributed by atoms with Crippen LogP contribution in [-0.2, 0) is 16.0 Å². The van der Waals surface area contributed by atoms with Gasteiger partial charge < -0.3 is 14.6 Å². The third-order valence-corrected chi connectivity index (χ3v) is 6.02. The van der Waals surface area contributed by atoms with Crippen LogP contribution in [0.2, 0.25) is 0 Å². The van der Waals surface area contributed by atoms with Crippen molar-refractivity contribution in [1.29, 1.82) is 0 Å². The molecule has 2 aromatic rings. The summed E-state index contributed by atoms with van der Waals surface area (Å²) < 4.78 is 5.45. The summed E-state index contributed by atoms with van der Waals surface area (Å²) in [4.78, 5) is 50.2. The van der Waals surface area contributed by atoms with Gasteiger partial charge in [-0.2, -0.15) is 0 Å². The van der Waals surface area contributed by atoms with Gasteiger partial charge in [0.2, 0.25) is 5.91 Å². The van der Waals surface area contributed by atoms with Crippen LogP contribution in [0.1, 0.15) is 36.0 Å². The van der Waals surface area contributed by atoms with E-state index in [0.29, 0.717) is 43.5 Å². The van der Waals surface area contributed by atoms with Crippen LogP contribution < -0.4 is 16.3 Å². The Labute approximate surface area is 167 Å². The molecule has 0 saturated carbocycles. The summed E-state index contributed by atoms with van der Waals surface area (Å²) in [5.74, 6) is -0.401. The molecule has 2 aliphatic heterocycles. The lowest BCUT2D eigenvalue weighted by atomic mass is 9.87. The number of likely N-dealkylation sites (tertiary alicyclic amines) is 1. The minimum absolute atomic E-state index is 0.0765. The predicted octanol–water partition coefficient (Wildman–Crippen LogP) is 1.54. The molecule has 8 nitrogen and oxygen atoms in total. The van der Waals surface area contributed by atoms with E-state index in [1.54, 1.807) is 4.90 Å². The van der Waals surface area contributed by atoms with Crippen LogP contribution >= 0.6 is 0 Å². The summed E-state index contributed by atoms with van der Waals surface area (Å²) in [7, 11) is 0. The number of fused-ring (bicyclic) bond motifs is 1. The summed E-state index contributed by atoms with van der Waals surface area (Å²) in [6.07, 6.45) is 1.25. The lowest BCUT2D eigenvalue weighted by Crippen LogP contribution is -2.55. The SMILES string of the molecule is Cc1ccc2c(C)c(CCC(=O)N3CCC4(CC3)NC(=O)NC4=O)c(=O)oc2c1.